The number of nitrogens with zero attached hydrogens (tertiary/aromatic N) is 1. The molecule has 0 spiro atoms. The average molecular weight is 280 g/mol. The maximum atomic E-state index is 9.02. The van der Waals surface area contributed by atoms with Gasteiger partial charge < -0.3 is 10.1 Å². The van der Waals surface area contributed by atoms with Crippen LogP contribution in [0.5, 0.6) is 11.5 Å². The highest BCUT2D eigenvalue weighted by Gasteiger charge is 2.13. The molecule has 2 rings (SSSR count). The summed E-state index contributed by atoms with van der Waals surface area (Å²) < 4.78 is 6.08. The van der Waals surface area contributed by atoms with E-state index in [1.807, 2.05) is 38.2 Å². The van der Waals surface area contributed by atoms with E-state index in [0.717, 1.165) is 29.0 Å². The van der Waals surface area contributed by atoms with Crippen LogP contribution < -0.4 is 10.1 Å². The maximum absolute atomic E-state index is 9.02. The fourth-order valence-corrected chi connectivity index (χ4v) is 2.34. The number of nitrogens with one attached hydrogen (secondary N) is 1. The maximum Gasteiger partial charge on any atom is 0.132 e. The van der Waals surface area contributed by atoms with Crippen LogP contribution in [-0.2, 0) is 0 Å². The Balaban J connectivity index is 2.38. The van der Waals surface area contributed by atoms with E-state index in [4.69, 9.17) is 10.00 Å². The molecule has 1 N–H and O–H groups in total. The minimum atomic E-state index is 0.251. The second kappa shape index (κ2) is 6.92. The number of benzene rings is 2. The standard InChI is InChI=1S/C18H20N2O/c1-4-16(20-3)15-7-5-6-8-17(15)21-18-11-14(12-19)10-9-13(18)2/h5-11,16,20H,4H2,1-3H3. The van der Waals surface area contributed by atoms with Crippen LogP contribution in [0.1, 0.15) is 36.1 Å². The minimum absolute atomic E-state index is 0.251. The molecule has 3 nitrogen and oxygen atoms in total. The second-order valence-electron chi connectivity index (χ2n) is 4.98. The summed E-state index contributed by atoms with van der Waals surface area (Å²) in [5, 5.41) is 12.3. The Kier molecular flexibility index (Phi) is 4.97. The topological polar surface area (TPSA) is 45.0 Å². The molecule has 0 heterocycles. The highest BCUT2D eigenvalue weighted by atomic mass is 16.5. The van der Waals surface area contributed by atoms with Gasteiger partial charge in [0.05, 0.1) is 11.6 Å². The summed E-state index contributed by atoms with van der Waals surface area (Å²) >= 11 is 0. The van der Waals surface area contributed by atoms with Crippen LogP contribution in [-0.4, -0.2) is 7.05 Å². The molecule has 0 fully saturated rings. The minimum Gasteiger partial charge on any atom is -0.457 e. The number of hydrogen-bond donors (Lipinski definition) is 1. The van der Waals surface area contributed by atoms with Gasteiger partial charge in [-0.25, -0.2) is 0 Å². The van der Waals surface area contributed by atoms with Crippen molar-refractivity contribution in [2.24, 2.45) is 0 Å². The highest BCUT2D eigenvalue weighted by Crippen LogP contribution is 2.32. The highest BCUT2D eigenvalue weighted by molar-refractivity contribution is 5.46. The number of hydrogen-bond acceptors (Lipinski definition) is 3. The molecule has 2 aromatic carbocycles. The fraction of sp³-hybridized carbons (Fsp3) is 0.278. The first-order valence-electron chi connectivity index (χ1n) is 7.14. The van der Waals surface area contributed by atoms with E-state index in [2.05, 4.69) is 24.4 Å². The number of nitriles is 1. The molecular formula is C18H20N2O. The molecule has 21 heavy (non-hydrogen) atoms. The molecule has 1 atom stereocenters. The monoisotopic (exact) mass is 280 g/mol. The largest absolute Gasteiger partial charge is 0.457 e. The normalized spacial score (nSPS) is 11.7. The third-order valence-corrected chi connectivity index (χ3v) is 3.59. The van der Waals surface area contributed by atoms with Crippen molar-refractivity contribution in [3.8, 4) is 17.6 Å². The molecule has 108 valence electrons. The molecule has 0 saturated carbocycles. The first kappa shape index (κ1) is 15.1. The number of para-hydroxylation sites is 1. The molecule has 0 radical (unpaired) electrons. The zero-order valence-electron chi connectivity index (χ0n) is 12.7. The van der Waals surface area contributed by atoms with Crippen LogP contribution in [0.3, 0.4) is 0 Å². The van der Waals surface area contributed by atoms with Gasteiger partial charge in [0.1, 0.15) is 11.5 Å². The first-order valence-corrected chi connectivity index (χ1v) is 7.14. The van der Waals surface area contributed by atoms with Gasteiger partial charge in [-0.1, -0.05) is 31.2 Å². The van der Waals surface area contributed by atoms with Gasteiger partial charge in [0.15, 0.2) is 0 Å². The van der Waals surface area contributed by atoms with Crippen molar-refractivity contribution in [1.82, 2.24) is 5.32 Å². The summed E-state index contributed by atoms with van der Waals surface area (Å²) in [7, 11) is 1.95. The molecule has 0 amide bonds. The van der Waals surface area contributed by atoms with E-state index < -0.39 is 0 Å². The van der Waals surface area contributed by atoms with Gasteiger partial charge in [-0.2, -0.15) is 5.26 Å². The van der Waals surface area contributed by atoms with Gasteiger partial charge in [0.2, 0.25) is 0 Å². The van der Waals surface area contributed by atoms with Crippen molar-refractivity contribution in [3.63, 3.8) is 0 Å². The van der Waals surface area contributed by atoms with E-state index in [1.165, 1.54) is 0 Å². The molecule has 1 unspecified atom stereocenters. The summed E-state index contributed by atoms with van der Waals surface area (Å²) in [5.74, 6) is 1.56. The molecule has 3 heteroatoms. The predicted molar refractivity (Wildman–Crippen MR) is 84.5 cm³/mol. The fourth-order valence-electron chi connectivity index (χ4n) is 2.34. The summed E-state index contributed by atoms with van der Waals surface area (Å²) in [6, 6.07) is 15.9. The molecule has 2 aromatic rings. The first-order chi connectivity index (χ1) is 10.2. The van der Waals surface area contributed by atoms with Crippen LogP contribution >= 0.6 is 0 Å². The van der Waals surface area contributed by atoms with Crippen LogP contribution in [0.4, 0.5) is 0 Å². The van der Waals surface area contributed by atoms with Crippen LogP contribution in [0.15, 0.2) is 42.5 Å². The Hall–Kier alpha value is -2.31. The Morgan fingerprint density at radius 3 is 2.62 bits per heavy atom. The SMILES string of the molecule is CCC(NC)c1ccccc1Oc1cc(C#N)ccc1C. The lowest BCUT2D eigenvalue weighted by molar-refractivity contribution is 0.456. The van der Waals surface area contributed by atoms with E-state index in [1.54, 1.807) is 12.1 Å². The summed E-state index contributed by atoms with van der Waals surface area (Å²) in [5.41, 5.74) is 2.75. The van der Waals surface area contributed by atoms with E-state index in [9.17, 15) is 0 Å². The van der Waals surface area contributed by atoms with Gasteiger partial charge in [-0.3, -0.25) is 0 Å². The molecule has 0 saturated heterocycles. The lowest BCUT2D eigenvalue weighted by atomic mass is 10.0. The van der Waals surface area contributed by atoms with Crippen LogP contribution in [0, 0.1) is 18.3 Å². The van der Waals surface area contributed by atoms with Gasteiger partial charge in [0.25, 0.3) is 0 Å². The van der Waals surface area contributed by atoms with Gasteiger partial charge in [0, 0.05) is 11.6 Å². The molecule has 0 aromatic heterocycles. The average Bonchev–Trinajstić information content (AvgIpc) is 2.52. The van der Waals surface area contributed by atoms with Gasteiger partial charge in [-0.15, -0.1) is 0 Å². The third kappa shape index (κ3) is 3.42. The zero-order valence-corrected chi connectivity index (χ0v) is 12.7. The van der Waals surface area contributed by atoms with Gasteiger partial charge in [-0.05, 0) is 44.2 Å². The lowest BCUT2D eigenvalue weighted by Crippen LogP contribution is -2.15. The quantitative estimate of drug-likeness (QED) is 0.886. The van der Waals surface area contributed by atoms with Crippen molar-refractivity contribution in [2.45, 2.75) is 26.3 Å². The van der Waals surface area contributed by atoms with Crippen molar-refractivity contribution in [3.05, 3.63) is 59.2 Å². The van der Waals surface area contributed by atoms with Crippen molar-refractivity contribution in [2.75, 3.05) is 7.05 Å². The molecule has 0 aliphatic rings. The van der Waals surface area contributed by atoms with Crippen molar-refractivity contribution < 1.29 is 4.74 Å². The Morgan fingerprint density at radius 1 is 1.19 bits per heavy atom. The van der Waals surface area contributed by atoms with Crippen molar-refractivity contribution >= 4 is 0 Å². The lowest BCUT2D eigenvalue weighted by Gasteiger charge is -2.19. The zero-order chi connectivity index (χ0) is 15.2. The summed E-state index contributed by atoms with van der Waals surface area (Å²) in [6.45, 7) is 4.12. The Morgan fingerprint density at radius 2 is 1.95 bits per heavy atom. The van der Waals surface area contributed by atoms with Crippen LogP contribution in [0.25, 0.3) is 0 Å². The third-order valence-electron chi connectivity index (χ3n) is 3.59. The summed E-state index contributed by atoms with van der Waals surface area (Å²) in [4.78, 5) is 0. The van der Waals surface area contributed by atoms with E-state index in [0.29, 0.717) is 5.56 Å². The molecule has 0 bridgehead atoms. The van der Waals surface area contributed by atoms with E-state index in [-0.39, 0.29) is 6.04 Å². The van der Waals surface area contributed by atoms with E-state index >= 15 is 0 Å². The van der Waals surface area contributed by atoms with Gasteiger partial charge >= 0.3 is 0 Å². The molecular weight excluding hydrogens is 260 g/mol. The summed E-state index contributed by atoms with van der Waals surface area (Å²) in [6.07, 6.45) is 0.980. The van der Waals surface area contributed by atoms with Crippen molar-refractivity contribution in [1.29, 1.82) is 5.26 Å². The molecule has 0 aliphatic carbocycles. The smallest absolute Gasteiger partial charge is 0.132 e. The Labute approximate surface area is 126 Å². The predicted octanol–water partition coefficient (Wildman–Crippen LogP) is 4.33. The second-order valence-corrected chi connectivity index (χ2v) is 4.98. The Bertz CT molecular complexity index is 655. The molecule has 0 aliphatic heterocycles. The number of aryl methyl sites for hydroxylation is 1. The number of rotatable bonds is 5. The van der Waals surface area contributed by atoms with Crippen LogP contribution in [0.2, 0.25) is 0 Å². The number of ether oxygens (including phenoxy) is 1.